The predicted molar refractivity (Wildman–Crippen MR) is 108 cm³/mol. The molecule has 2 aromatic heterocycles. The molecule has 0 atom stereocenters. The van der Waals surface area contributed by atoms with Crippen molar-refractivity contribution in [2.24, 2.45) is 0 Å². The number of rotatable bonds is 6. The number of nitrogens with zero attached hydrogens (tertiary/aromatic N) is 2. The van der Waals surface area contributed by atoms with Gasteiger partial charge in [-0.3, -0.25) is 9.59 Å². The summed E-state index contributed by atoms with van der Waals surface area (Å²) >= 11 is 0. The molecule has 0 saturated carbocycles. The van der Waals surface area contributed by atoms with Gasteiger partial charge in [0.15, 0.2) is 0 Å². The van der Waals surface area contributed by atoms with E-state index in [1.165, 1.54) is 25.4 Å². The lowest BCUT2D eigenvalue weighted by molar-refractivity contribution is 0.0956. The number of nitrogens with one attached hydrogen (secondary N) is 4. The Labute approximate surface area is 166 Å². The molecule has 0 saturated heterocycles. The fourth-order valence-electron chi connectivity index (χ4n) is 2.59. The lowest BCUT2D eigenvalue weighted by atomic mass is 10.1. The van der Waals surface area contributed by atoms with Gasteiger partial charge in [-0.1, -0.05) is 12.1 Å². The average Bonchev–Trinajstić information content (AvgIpc) is 2.75. The van der Waals surface area contributed by atoms with Crippen LogP contribution in [0.2, 0.25) is 0 Å². The van der Waals surface area contributed by atoms with Gasteiger partial charge in [-0.25, -0.2) is 14.4 Å². The van der Waals surface area contributed by atoms with E-state index in [4.69, 9.17) is 0 Å². The SMILES string of the molecule is CNC(=O)c1ccccc1Nc1cc(Nc2ccc(F)cn2)ncc1C(=O)NC. The fraction of sp³-hybridized carbons (Fsp3) is 0.100. The number of hydrogen-bond acceptors (Lipinski definition) is 6. The van der Waals surface area contributed by atoms with Gasteiger partial charge in [-0.05, 0) is 24.3 Å². The first-order valence-electron chi connectivity index (χ1n) is 8.70. The zero-order chi connectivity index (χ0) is 20.8. The van der Waals surface area contributed by atoms with Crippen LogP contribution in [0.1, 0.15) is 20.7 Å². The summed E-state index contributed by atoms with van der Waals surface area (Å²) in [6, 6.07) is 11.3. The van der Waals surface area contributed by atoms with Crippen molar-refractivity contribution < 1.29 is 14.0 Å². The summed E-state index contributed by atoms with van der Waals surface area (Å²) in [4.78, 5) is 32.5. The van der Waals surface area contributed by atoms with Gasteiger partial charge in [0.2, 0.25) is 0 Å². The quantitative estimate of drug-likeness (QED) is 0.512. The van der Waals surface area contributed by atoms with Crippen molar-refractivity contribution in [2.75, 3.05) is 24.7 Å². The highest BCUT2D eigenvalue weighted by atomic mass is 19.1. The molecule has 9 heteroatoms. The van der Waals surface area contributed by atoms with Gasteiger partial charge in [-0.15, -0.1) is 0 Å². The van der Waals surface area contributed by atoms with E-state index < -0.39 is 5.82 Å². The van der Waals surface area contributed by atoms with Crippen LogP contribution in [0, 0.1) is 5.82 Å². The molecule has 0 spiro atoms. The molecule has 148 valence electrons. The minimum absolute atomic E-state index is 0.266. The minimum Gasteiger partial charge on any atom is -0.355 e. The lowest BCUT2D eigenvalue weighted by Gasteiger charge is -2.15. The normalized spacial score (nSPS) is 10.2. The Balaban J connectivity index is 1.98. The number of halogens is 1. The highest BCUT2D eigenvalue weighted by Crippen LogP contribution is 2.26. The molecule has 0 aliphatic carbocycles. The maximum Gasteiger partial charge on any atom is 0.254 e. The lowest BCUT2D eigenvalue weighted by Crippen LogP contribution is -2.21. The Bertz CT molecular complexity index is 1040. The van der Waals surface area contributed by atoms with Crippen LogP contribution in [0.5, 0.6) is 0 Å². The minimum atomic E-state index is -0.452. The molecule has 4 N–H and O–H groups in total. The number of aromatic nitrogens is 2. The molecule has 0 bridgehead atoms. The molecular weight excluding hydrogens is 375 g/mol. The van der Waals surface area contributed by atoms with E-state index in [0.717, 1.165) is 6.20 Å². The molecule has 0 aliphatic rings. The topological polar surface area (TPSA) is 108 Å². The van der Waals surface area contributed by atoms with Crippen LogP contribution in [0.25, 0.3) is 0 Å². The molecule has 0 unspecified atom stereocenters. The van der Waals surface area contributed by atoms with Gasteiger partial charge in [0.05, 0.1) is 28.7 Å². The first-order valence-corrected chi connectivity index (χ1v) is 8.70. The largest absolute Gasteiger partial charge is 0.355 e. The van der Waals surface area contributed by atoms with Crippen molar-refractivity contribution in [3.63, 3.8) is 0 Å². The van der Waals surface area contributed by atoms with Gasteiger partial charge in [-0.2, -0.15) is 0 Å². The smallest absolute Gasteiger partial charge is 0.254 e. The second kappa shape index (κ2) is 8.79. The Hall–Kier alpha value is -4.01. The number of carbonyl (C=O) groups excluding carboxylic acids is 2. The molecule has 3 aromatic rings. The number of anilines is 4. The molecule has 29 heavy (non-hydrogen) atoms. The third-order valence-electron chi connectivity index (χ3n) is 4.03. The molecule has 3 rings (SSSR count). The Kier molecular flexibility index (Phi) is 5.98. The molecular formula is C20H19FN6O2. The van der Waals surface area contributed by atoms with E-state index >= 15 is 0 Å². The average molecular weight is 394 g/mol. The molecule has 0 radical (unpaired) electrons. The van der Waals surface area contributed by atoms with Crippen LogP contribution < -0.4 is 21.3 Å². The van der Waals surface area contributed by atoms with Crippen LogP contribution >= 0.6 is 0 Å². The van der Waals surface area contributed by atoms with E-state index in [9.17, 15) is 14.0 Å². The summed E-state index contributed by atoms with van der Waals surface area (Å²) in [5.41, 5.74) is 1.66. The standard InChI is InChI=1S/C20H19FN6O2/c1-22-19(28)13-5-3-4-6-15(13)26-16-9-18(25-11-14(16)20(29)23-2)27-17-8-7-12(21)10-24-17/h3-11H,1-2H3,(H,22,28)(H,23,29)(H2,24,25,26,27). The predicted octanol–water partition coefficient (Wildman–Crippen LogP) is 2.82. The zero-order valence-electron chi connectivity index (χ0n) is 15.8. The molecule has 0 fully saturated rings. The second-order valence-corrected chi connectivity index (χ2v) is 5.93. The van der Waals surface area contributed by atoms with Crippen LogP contribution in [0.4, 0.5) is 27.4 Å². The third kappa shape index (κ3) is 4.64. The maximum absolute atomic E-state index is 13.1. The Morgan fingerprint density at radius 2 is 1.48 bits per heavy atom. The highest BCUT2D eigenvalue weighted by molar-refractivity contribution is 6.03. The molecule has 2 amide bonds. The first kappa shape index (κ1) is 19.7. The van der Waals surface area contributed by atoms with E-state index in [1.807, 2.05) is 0 Å². The molecule has 8 nitrogen and oxygen atoms in total. The number of pyridine rings is 2. The van der Waals surface area contributed by atoms with E-state index in [0.29, 0.717) is 28.6 Å². The van der Waals surface area contributed by atoms with Gasteiger partial charge in [0.1, 0.15) is 17.5 Å². The summed E-state index contributed by atoms with van der Waals surface area (Å²) in [5.74, 6) is -0.284. The van der Waals surface area contributed by atoms with E-state index in [2.05, 4.69) is 31.2 Å². The monoisotopic (exact) mass is 394 g/mol. The third-order valence-corrected chi connectivity index (χ3v) is 4.03. The van der Waals surface area contributed by atoms with Gasteiger partial charge in [0.25, 0.3) is 11.8 Å². The van der Waals surface area contributed by atoms with Crippen LogP contribution in [0.15, 0.2) is 54.9 Å². The summed E-state index contributed by atoms with van der Waals surface area (Å²) in [5, 5.41) is 11.2. The van der Waals surface area contributed by atoms with Crippen molar-refractivity contribution in [3.8, 4) is 0 Å². The van der Waals surface area contributed by atoms with Crippen molar-refractivity contribution in [1.29, 1.82) is 0 Å². The first-order chi connectivity index (χ1) is 14.0. The van der Waals surface area contributed by atoms with Crippen LogP contribution in [0.3, 0.4) is 0 Å². The number of hydrogen-bond donors (Lipinski definition) is 4. The van der Waals surface area contributed by atoms with Crippen molar-refractivity contribution in [2.45, 2.75) is 0 Å². The van der Waals surface area contributed by atoms with Crippen molar-refractivity contribution in [3.05, 3.63) is 71.8 Å². The number of amides is 2. The second-order valence-electron chi connectivity index (χ2n) is 5.93. The molecule has 1 aromatic carbocycles. The maximum atomic E-state index is 13.1. The number of carbonyl (C=O) groups is 2. The summed E-state index contributed by atoms with van der Waals surface area (Å²) in [6.07, 6.45) is 2.48. The number of benzene rings is 1. The van der Waals surface area contributed by atoms with Crippen molar-refractivity contribution in [1.82, 2.24) is 20.6 Å². The van der Waals surface area contributed by atoms with Gasteiger partial charge >= 0.3 is 0 Å². The van der Waals surface area contributed by atoms with E-state index in [-0.39, 0.29) is 17.4 Å². The highest BCUT2D eigenvalue weighted by Gasteiger charge is 2.15. The zero-order valence-corrected chi connectivity index (χ0v) is 15.8. The van der Waals surface area contributed by atoms with E-state index in [1.54, 1.807) is 37.4 Å². The number of para-hydroxylation sites is 1. The van der Waals surface area contributed by atoms with Crippen LogP contribution in [-0.2, 0) is 0 Å². The summed E-state index contributed by atoms with van der Waals surface area (Å²) in [7, 11) is 3.05. The molecule has 2 heterocycles. The summed E-state index contributed by atoms with van der Waals surface area (Å²) < 4.78 is 13.1. The molecule has 0 aliphatic heterocycles. The Morgan fingerprint density at radius 1 is 0.793 bits per heavy atom. The van der Waals surface area contributed by atoms with Crippen LogP contribution in [-0.4, -0.2) is 35.9 Å². The fourth-order valence-corrected chi connectivity index (χ4v) is 2.59. The van der Waals surface area contributed by atoms with Crippen molar-refractivity contribution >= 4 is 34.8 Å². The Morgan fingerprint density at radius 3 is 2.17 bits per heavy atom. The van der Waals surface area contributed by atoms with Gasteiger partial charge in [0, 0.05) is 26.4 Å². The summed E-state index contributed by atoms with van der Waals surface area (Å²) in [6.45, 7) is 0. The van der Waals surface area contributed by atoms with Gasteiger partial charge < -0.3 is 21.3 Å².